The van der Waals surface area contributed by atoms with Gasteiger partial charge in [0.15, 0.2) is 0 Å². The molecule has 244 valence electrons. The lowest BCUT2D eigenvalue weighted by molar-refractivity contribution is -0.140. The molecule has 1 saturated heterocycles. The molecule has 1 heterocycles. The SMILES string of the molecule is Cc1ccc(N2CC(CC(=O)O)(CC(=O)Nc3cccc(OCCOc4ccccc4)c3)CN(Cc3ccc(Cl)cc3Cl)C2=O)cc1. The van der Waals surface area contributed by atoms with Crippen molar-refractivity contribution < 1.29 is 29.0 Å². The Morgan fingerprint density at radius 3 is 2.26 bits per heavy atom. The number of carboxylic acid groups (broad SMARTS) is 1. The first-order chi connectivity index (χ1) is 22.6. The van der Waals surface area contributed by atoms with E-state index in [9.17, 15) is 19.5 Å². The van der Waals surface area contributed by atoms with Crippen molar-refractivity contribution in [1.82, 2.24) is 4.90 Å². The number of para-hydroxylation sites is 1. The van der Waals surface area contributed by atoms with Gasteiger partial charge in [-0.15, -0.1) is 0 Å². The van der Waals surface area contributed by atoms with Crippen molar-refractivity contribution in [2.24, 2.45) is 5.41 Å². The molecule has 1 unspecified atom stereocenters. The van der Waals surface area contributed by atoms with Crippen molar-refractivity contribution in [2.45, 2.75) is 26.3 Å². The van der Waals surface area contributed by atoms with Crippen LogP contribution < -0.4 is 19.7 Å². The monoisotopic (exact) mass is 675 g/mol. The lowest BCUT2D eigenvalue weighted by Gasteiger charge is -2.47. The topological polar surface area (TPSA) is 108 Å². The number of aliphatic carboxylic acids is 1. The standard InChI is InChI=1S/C36H35Cl2N3O6/c1-25-10-14-29(15-11-25)41-24-36(21-34(43)44,23-40(35(41)45)22-26-12-13-27(37)18-32(26)38)20-33(42)39-28-6-5-9-31(19-28)47-17-16-46-30-7-3-2-4-8-30/h2-15,18-19H,16-17,20-24H2,1H3,(H,39,42)(H,43,44). The van der Waals surface area contributed by atoms with Crippen LogP contribution in [0.4, 0.5) is 16.2 Å². The van der Waals surface area contributed by atoms with E-state index in [4.69, 9.17) is 32.7 Å². The van der Waals surface area contributed by atoms with Crippen molar-refractivity contribution >= 4 is 52.5 Å². The molecule has 11 heteroatoms. The minimum atomic E-state index is -1.13. The zero-order chi connectivity index (χ0) is 33.4. The first kappa shape index (κ1) is 33.6. The van der Waals surface area contributed by atoms with Gasteiger partial charge in [-0.1, -0.05) is 71.2 Å². The Balaban J connectivity index is 1.33. The van der Waals surface area contributed by atoms with E-state index >= 15 is 0 Å². The molecule has 0 radical (unpaired) electrons. The maximum Gasteiger partial charge on any atom is 0.324 e. The third-order valence-corrected chi connectivity index (χ3v) is 8.37. The van der Waals surface area contributed by atoms with Crippen LogP contribution in [-0.2, 0) is 16.1 Å². The highest BCUT2D eigenvalue weighted by Gasteiger charge is 2.46. The number of hydrogen-bond acceptors (Lipinski definition) is 5. The molecule has 9 nitrogen and oxygen atoms in total. The van der Waals surface area contributed by atoms with E-state index in [1.54, 1.807) is 47.4 Å². The summed E-state index contributed by atoms with van der Waals surface area (Å²) in [6.45, 7) is 2.74. The molecule has 0 spiro atoms. The van der Waals surface area contributed by atoms with Crippen LogP contribution in [0.15, 0.2) is 97.1 Å². The van der Waals surface area contributed by atoms with E-state index in [0.29, 0.717) is 45.9 Å². The minimum absolute atomic E-state index is 0.0252. The Hall–Kier alpha value is -4.73. The number of benzene rings is 4. The predicted octanol–water partition coefficient (Wildman–Crippen LogP) is 7.69. The Labute approximate surface area is 283 Å². The van der Waals surface area contributed by atoms with Gasteiger partial charge < -0.3 is 24.8 Å². The van der Waals surface area contributed by atoms with E-state index in [1.807, 2.05) is 61.5 Å². The van der Waals surface area contributed by atoms with Crippen LogP contribution in [0.3, 0.4) is 0 Å². The number of amides is 3. The molecule has 0 saturated carbocycles. The highest BCUT2D eigenvalue weighted by Crippen LogP contribution is 2.38. The van der Waals surface area contributed by atoms with E-state index in [0.717, 1.165) is 11.3 Å². The van der Waals surface area contributed by atoms with E-state index < -0.39 is 17.3 Å². The predicted molar refractivity (Wildman–Crippen MR) is 183 cm³/mol. The second kappa shape index (κ2) is 15.2. The quantitative estimate of drug-likeness (QED) is 0.141. The molecule has 4 aromatic rings. The van der Waals surface area contributed by atoms with Crippen LogP contribution in [0.25, 0.3) is 0 Å². The molecule has 1 aliphatic heterocycles. The lowest BCUT2D eigenvalue weighted by atomic mass is 9.78. The third kappa shape index (κ3) is 9.18. The summed E-state index contributed by atoms with van der Waals surface area (Å²) in [6.07, 6.45) is -0.499. The molecule has 2 N–H and O–H groups in total. The second-order valence-electron chi connectivity index (χ2n) is 11.6. The number of aryl methyl sites for hydroxylation is 1. The first-order valence-electron chi connectivity index (χ1n) is 15.1. The molecule has 1 atom stereocenters. The molecular formula is C36H35Cl2N3O6. The number of halogens is 2. The number of ether oxygens (including phenoxy) is 2. The van der Waals surface area contributed by atoms with Crippen molar-refractivity contribution in [3.63, 3.8) is 0 Å². The molecule has 3 amide bonds. The van der Waals surface area contributed by atoms with Gasteiger partial charge in [0.25, 0.3) is 0 Å². The van der Waals surface area contributed by atoms with Gasteiger partial charge in [-0.25, -0.2) is 4.79 Å². The summed E-state index contributed by atoms with van der Waals surface area (Å²) in [5.41, 5.74) is 1.62. The highest BCUT2D eigenvalue weighted by atomic mass is 35.5. The molecule has 0 aliphatic carbocycles. The molecule has 1 fully saturated rings. The summed E-state index contributed by atoms with van der Waals surface area (Å²) in [7, 11) is 0. The average Bonchev–Trinajstić information content (AvgIpc) is 3.03. The summed E-state index contributed by atoms with van der Waals surface area (Å²) < 4.78 is 11.5. The first-order valence-corrected chi connectivity index (χ1v) is 15.8. The van der Waals surface area contributed by atoms with Gasteiger partial charge in [0.05, 0.1) is 6.42 Å². The zero-order valence-corrected chi connectivity index (χ0v) is 27.3. The maximum atomic E-state index is 13.9. The Morgan fingerprint density at radius 2 is 1.55 bits per heavy atom. The number of hydrogen-bond donors (Lipinski definition) is 2. The number of rotatable bonds is 13. The lowest BCUT2D eigenvalue weighted by Crippen LogP contribution is -2.59. The average molecular weight is 677 g/mol. The molecule has 0 aromatic heterocycles. The van der Waals surface area contributed by atoms with Crippen LogP contribution in [-0.4, -0.2) is 54.2 Å². The fourth-order valence-corrected chi connectivity index (χ4v) is 6.12. The van der Waals surface area contributed by atoms with Gasteiger partial charge in [0.1, 0.15) is 24.7 Å². The number of urea groups is 1. The van der Waals surface area contributed by atoms with Gasteiger partial charge in [-0.05, 0) is 61.0 Å². The van der Waals surface area contributed by atoms with Crippen LogP contribution in [0.5, 0.6) is 11.5 Å². The maximum absolute atomic E-state index is 13.9. The van der Waals surface area contributed by atoms with Gasteiger partial charge in [-0.3, -0.25) is 14.5 Å². The Bertz CT molecular complexity index is 1720. The van der Waals surface area contributed by atoms with Crippen LogP contribution in [0, 0.1) is 12.3 Å². The van der Waals surface area contributed by atoms with E-state index in [1.165, 1.54) is 4.90 Å². The van der Waals surface area contributed by atoms with Crippen molar-refractivity contribution in [3.8, 4) is 11.5 Å². The van der Waals surface area contributed by atoms with E-state index in [-0.39, 0.29) is 38.5 Å². The highest BCUT2D eigenvalue weighted by molar-refractivity contribution is 6.35. The summed E-state index contributed by atoms with van der Waals surface area (Å²) >= 11 is 12.6. The van der Waals surface area contributed by atoms with Crippen molar-refractivity contribution in [3.05, 3.63) is 118 Å². The molecule has 47 heavy (non-hydrogen) atoms. The summed E-state index contributed by atoms with van der Waals surface area (Å²) in [6, 6.07) is 28.5. The molecule has 4 aromatic carbocycles. The number of nitrogens with one attached hydrogen (secondary N) is 1. The van der Waals surface area contributed by atoms with Crippen molar-refractivity contribution in [2.75, 3.05) is 36.5 Å². The number of anilines is 2. The fraction of sp³-hybridized carbons (Fsp3) is 0.250. The van der Waals surface area contributed by atoms with Gasteiger partial charge in [0, 0.05) is 59.0 Å². The van der Waals surface area contributed by atoms with Crippen LogP contribution in [0.1, 0.15) is 24.0 Å². The second-order valence-corrected chi connectivity index (χ2v) is 12.5. The Kier molecular flexibility index (Phi) is 10.9. The summed E-state index contributed by atoms with van der Waals surface area (Å²) in [5, 5.41) is 13.8. The summed E-state index contributed by atoms with van der Waals surface area (Å²) in [5.74, 6) is -0.181. The molecule has 0 bridgehead atoms. The largest absolute Gasteiger partial charge is 0.490 e. The number of carboxylic acids is 1. The molecular weight excluding hydrogens is 641 g/mol. The van der Waals surface area contributed by atoms with Crippen LogP contribution >= 0.6 is 23.2 Å². The summed E-state index contributed by atoms with van der Waals surface area (Å²) in [4.78, 5) is 42.8. The van der Waals surface area contributed by atoms with Gasteiger partial charge >= 0.3 is 12.0 Å². The van der Waals surface area contributed by atoms with Crippen LogP contribution in [0.2, 0.25) is 10.0 Å². The number of carbonyl (C=O) groups is 3. The van der Waals surface area contributed by atoms with Crippen molar-refractivity contribution in [1.29, 1.82) is 0 Å². The van der Waals surface area contributed by atoms with Gasteiger partial charge in [0.2, 0.25) is 5.91 Å². The fourth-order valence-electron chi connectivity index (χ4n) is 5.65. The number of nitrogens with zero attached hydrogens (tertiary/aromatic N) is 2. The van der Waals surface area contributed by atoms with Gasteiger partial charge in [-0.2, -0.15) is 0 Å². The van der Waals surface area contributed by atoms with E-state index in [2.05, 4.69) is 5.32 Å². The normalized spacial score (nSPS) is 16.1. The smallest absolute Gasteiger partial charge is 0.324 e. The Morgan fingerprint density at radius 1 is 0.851 bits per heavy atom. The number of carbonyl (C=O) groups excluding carboxylic acids is 2. The zero-order valence-electron chi connectivity index (χ0n) is 25.8. The third-order valence-electron chi connectivity index (χ3n) is 7.79. The molecule has 5 rings (SSSR count). The minimum Gasteiger partial charge on any atom is -0.490 e. The molecule has 1 aliphatic rings.